The number of alkyl halides is 2. The summed E-state index contributed by atoms with van der Waals surface area (Å²) in [5.41, 5.74) is 0. The Morgan fingerprint density at radius 2 is 1.95 bits per heavy atom. The third-order valence-corrected chi connectivity index (χ3v) is 4.14. The third kappa shape index (κ3) is 6.22. The SMILES string of the molecule is CN(CCNC(=O)C1CC(F)(F)CN1)C1CCCC1.Cl.Cl. The van der Waals surface area contributed by atoms with Crippen LogP contribution < -0.4 is 10.6 Å². The molecule has 1 atom stereocenters. The number of nitrogens with zero attached hydrogens (tertiary/aromatic N) is 1. The molecule has 8 heteroatoms. The van der Waals surface area contributed by atoms with Crippen LogP contribution in [0.5, 0.6) is 0 Å². The summed E-state index contributed by atoms with van der Waals surface area (Å²) in [7, 11) is 2.06. The maximum Gasteiger partial charge on any atom is 0.262 e. The molecule has 0 bridgehead atoms. The van der Waals surface area contributed by atoms with Gasteiger partial charge in [-0.25, -0.2) is 8.78 Å². The number of likely N-dealkylation sites (N-methyl/N-ethyl adjacent to an activating group) is 1. The van der Waals surface area contributed by atoms with Crippen LogP contribution in [0.1, 0.15) is 32.1 Å². The zero-order valence-corrected chi connectivity index (χ0v) is 13.9. The highest BCUT2D eigenvalue weighted by Crippen LogP contribution is 2.25. The highest BCUT2D eigenvalue weighted by molar-refractivity contribution is 5.85. The molecule has 0 aromatic carbocycles. The molecule has 0 radical (unpaired) electrons. The Balaban J connectivity index is 0.00000200. The van der Waals surface area contributed by atoms with E-state index in [-0.39, 0.29) is 30.7 Å². The highest BCUT2D eigenvalue weighted by atomic mass is 35.5. The third-order valence-electron chi connectivity index (χ3n) is 4.14. The first-order valence-electron chi connectivity index (χ1n) is 7.07. The number of hydrogen-bond acceptors (Lipinski definition) is 3. The van der Waals surface area contributed by atoms with Crippen molar-refractivity contribution >= 4 is 30.7 Å². The smallest absolute Gasteiger partial charge is 0.262 e. The first-order chi connectivity index (χ1) is 8.98. The van der Waals surface area contributed by atoms with Gasteiger partial charge in [0.25, 0.3) is 5.92 Å². The normalized spacial score (nSPS) is 24.5. The van der Waals surface area contributed by atoms with Crippen molar-refractivity contribution in [2.45, 2.75) is 50.1 Å². The van der Waals surface area contributed by atoms with Crippen molar-refractivity contribution in [3.8, 4) is 0 Å². The van der Waals surface area contributed by atoms with E-state index in [1.165, 1.54) is 25.7 Å². The van der Waals surface area contributed by atoms with Gasteiger partial charge in [-0.3, -0.25) is 10.1 Å². The highest BCUT2D eigenvalue weighted by Gasteiger charge is 2.42. The predicted octanol–water partition coefficient (Wildman–Crippen LogP) is 1.82. The molecule has 21 heavy (non-hydrogen) atoms. The molecule has 0 aromatic rings. The molecular weight excluding hydrogens is 323 g/mol. The van der Waals surface area contributed by atoms with Crippen LogP contribution in [0, 0.1) is 0 Å². The van der Waals surface area contributed by atoms with E-state index in [2.05, 4.69) is 22.6 Å². The Hall–Kier alpha value is -0.170. The molecule has 1 saturated heterocycles. The van der Waals surface area contributed by atoms with Gasteiger partial charge in [0.05, 0.1) is 12.6 Å². The summed E-state index contributed by atoms with van der Waals surface area (Å²) in [5.74, 6) is -3.06. The average Bonchev–Trinajstić information content (AvgIpc) is 2.97. The molecule has 2 rings (SSSR count). The molecule has 1 aliphatic heterocycles. The van der Waals surface area contributed by atoms with Crippen molar-refractivity contribution in [2.75, 3.05) is 26.7 Å². The van der Waals surface area contributed by atoms with E-state index in [0.717, 1.165) is 6.54 Å². The van der Waals surface area contributed by atoms with E-state index >= 15 is 0 Å². The molecular formula is C13H25Cl2F2N3O. The summed E-state index contributed by atoms with van der Waals surface area (Å²) in [4.78, 5) is 14.0. The van der Waals surface area contributed by atoms with Crippen molar-refractivity contribution in [3.63, 3.8) is 0 Å². The van der Waals surface area contributed by atoms with Crippen LogP contribution in [0.15, 0.2) is 0 Å². The lowest BCUT2D eigenvalue weighted by Crippen LogP contribution is -2.44. The summed E-state index contributed by atoms with van der Waals surface area (Å²) < 4.78 is 25.9. The molecule has 1 aliphatic carbocycles. The van der Waals surface area contributed by atoms with Gasteiger partial charge in [-0.15, -0.1) is 24.8 Å². The van der Waals surface area contributed by atoms with Gasteiger partial charge < -0.3 is 10.2 Å². The molecule has 4 nitrogen and oxygen atoms in total. The number of carbonyl (C=O) groups is 1. The van der Waals surface area contributed by atoms with Crippen LogP contribution in [0.25, 0.3) is 0 Å². The van der Waals surface area contributed by atoms with Crippen LogP contribution in [0.3, 0.4) is 0 Å². The summed E-state index contributed by atoms with van der Waals surface area (Å²) in [6.07, 6.45) is 4.61. The minimum Gasteiger partial charge on any atom is -0.353 e. The van der Waals surface area contributed by atoms with Gasteiger partial charge in [-0.1, -0.05) is 12.8 Å². The Kier molecular flexibility index (Phi) is 9.00. The maximum atomic E-state index is 13.0. The van der Waals surface area contributed by atoms with E-state index in [0.29, 0.717) is 12.6 Å². The van der Waals surface area contributed by atoms with Crippen molar-refractivity contribution in [1.29, 1.82) is 0 Å². The molecule has 1 saturated carbocycles. The number of rotatable bonds is 5. The molecule has 1 heterocycles. The molecule has 2 N–H and O–H groups in total. The van der Waals surface area contributed by atoms with Crippen molar-refractivity contribution in [1.82, 2.24) is 15.5 Å². The van der Waals surface area contributed by atoms with E-state index in [1.807, 2.05) is 0 Å². The van der Waals surface area contributed by atoms with Gasteiger partial charge in [0.2, 0.25) is 5.91 Å². The lowest BCUT2D eigenvalue weighted by atomic mass is 10.2. The fourth-order valence-electron chi connectivity index (χ4n) is 2.91. The summed E-state index contributed by atoms with van der Waals surface area (Å²) in [6, 6.07) is -0.127. The van der Waals surface area contributed by atoms with Crippen molar-refractivity contribution < 1.29 is 13.6 Å². The van der Waals surface area contributed by atoms with Crippen LogP contribution in [0.4, 0.5) is 8.78 Å². The summed E-state index contributed by atoms with van der Waals surface area (Å²) >= 11 is 0. The molecule has 126 valence electrons. The summed E-state index contributed by atoms with van der Waals surface area (Å²) in [5, 5.41) is 5.30. The van der Waals surface area contributed by atoms with Gasteiger partial charge in [-0.2, -0.15) is 0 Å². The fourth-order valence-corrected chi connectivity index (χ4v) is 2.91. The van der Waals surface area contributed by atoms with Gasteiger partial charge in [0, 0.05) is 25.6 Å². The van der Waals surface area contributed by atoms with Crippen LogP contribution in [-0.2, 0) is 4.79 Å². The largest absolute Gasteiger partial charge is 0.353 e. The van der Waals surface area contributed by atoms with Crippen molar-refractivity contribution in [3.05, 3.63) is 0 Å². The number of amides is 1. The first-order valence-corrected chi connectivity index (χ1v) is 7.07. The molecule has 2 aliphatic rings. The minimum atomic E-state index is -2.75. The number of nitrogens with one attached hydrogen (secondary N) is 2. The van der Waals surface area contributed by atoms with E-state index in [1.54, 1.807) is 0 Å². The van der Waals surface area contributed by atoms with E-state index in [4.69, 9.17) is 0 Å². The van der Waals surface area contributed by atoms with E-state index < -0.39 is 24.9 Å². The lowest BCUT2D eigenvalue weighted by Gasteiger charge is -2.24. The quantitative estimate of drug-likeness (QED) is 0.797. The second-order valence-electron chi connectivity index (χ2n) is 5.70. The molecule has 2 fully saturated rings. The van der Waals surface area contributed by atoms with Crippen molar-refractivity contribution in [2.24, 2.45) is 0 Å². The monoisotopic (exact) mass is 347 g/mol. The molecule has 1 unspecified atom stereocenters. The average molecular weight is 348 g/mol. The van der Waals surface area contributed by atoms with Gasteiger partial charge in [0.1, 0.15) is 0 Å². The second-order valence-corrected chi connectivity index (χ2v) is 5.70. The Morgan fingerprint density at radius 3 is 2.48 bits per heavy atom. The maximum absolute atomic E-state index is 13.0. The molecule has 1 amide bonds. The van der Waals surface area contributed by atoms with Gasteiger partial charge in [-0.05, 0) is 19.9 Å². The minimum absolute atomic E-state index is 0. The van der Waals surface area contributed by atoms with E-state index in [9.17, 15) is 13.6 Å². The fraction of sp³-hybridized carbons (Fsp3) is 0.923. The summed E-state index contributed by atoms with van der Waals surface area (Å²) in [6.45, 7) is 0.905. The van der Waals surface area contributed by atoms with Gasteiger partial charge in [0.15, 0.2) is 0 Å². The number of carbonyl (C=O) groups excluding carboxylic acids is 1. The predicted molar refractivity (Wildman–Crippen MR) is 83.7 cm³/mol. The Morgan fingerprint density at radius 1 is 1.33 bits per heavy atom. The first kappa shape index (κ1) is 20.8. The van der Waals surface area contributed by atoms with Gasteiger partial charge >= 0.3 is 0 Å². The number of halogens is 4. The van der Waals surface area contributed by atoms with Crippen LogP contribution in [-0.4, -0.2) is 55.5 Å². The van der Waals surface area contributed by atoms with Crippen LogP contribution in [0.2, 0.25) is 0 Å². The standard InChI is InChI=1S/C13H23F2N3O.2ClH/c1-18(10-4-2-3-5-10)7-6-16-12(19)11-8-13(14,15)9-17-11;;/h10-11,17H,2-9H2,1H3,(H,16,19);2*1H. The molecule has 0 spiro atoms. The zero-order valence-electron chi connectivity index (χ0n) is 12.2. The topological polar surface area (TPSA) is 44.4 Å². The Labute approximate surface area is 137 Å². The molecule has 0 aromatic heterocycles. The number of hydrogen-bond donors (Lipinski definition) is 2. The van der Waals surface area contributed by atoms with Crippen LogP contribution >= 0.6 is 24.8 Å². The lowest BCUT2D eigenvalue weighted by molar-refractivity contribution is -0.123. The zero-order chi connectivity index (χ0) is 13.9. The Bertz CT molecular complexity index is 329. The second kappa shape index (κ2) is 9.08.